The Morgan fingerprint density at radius 3 is 2.42 bits per heavy atom. The van der Waals surface area contributed by atoms with Crippen LogP contribution in [0.2, 0.25) is 5.02 Å². The van der Waals surface area contributed by atoms with Crippen LogP contribution in [0.4, 0.5) is 5.69 Å². The number of anilines is 1. The van der Waals surface area contributed by atoms with E-state index in [0.29, 0.717) is 5.02 Å². The molecule has 0 aliphatic carbocycles. The third kappa shape index (κ3) is 3.49. The fourth-order valence-electron chi connectivity index (χ4n) is 2.11. The van der Waals surface area contributed by atoms with Crippen LogP contribution in [0, 0.1) is 6.92 Å². The van der Waals surface area contributed by atoms with Crippen LogP contribution < -0.4 is 4.90 Å². The van der Waals surface area contributed by atoms with Gasteiger partial charge in [0.1, 0.15) is 0 Å². The lowest BCUT2D eigenvalue weighted by molar-refractivity contribution is 0.282. The first kappa shape index (κ1) is 13.9. The highest BCUT2D eigenvalue weighted by molar-refractivity contribution is 6.30. The Morgan fingerprint density at radius 1 is 1.11 bits per heavy atom. The van der Waals surface area contributed by atoms with Crippen molar-refractivity contribution in [2.24, 2.45) is 0 Å². The zero-order chi connectivity index (χ0) is 13.8. The summed E-state index contributed by atoms with van der Waals surface area (Å²) < 4.78 is 0. The molecule has 3 heteroatoms. The number of aliphatic hydroxyl groups is 1. The molecule has 0 aliphatic rings. The number of nitrogens with zero attached hydrogens (tertiary/aromatic N) is 1. The smallest absolute Gasteiger partial charge is 0.0702 e. The Morgan fingerprint density at radius 2 is 1.79 bits per heavy atom. The van der Waals surface area contributed by atoms with Gasteiger partial charge in [0, 0.05) is 29.9 Å². The summed E-state index contributed by atoms with van der Waals surface area (Å²) in [7, 11) is 2.02. The minimum atomic E-state index is -0.00582. The van der Waals surface area contributed by atoms with Gasteiger partial charge in [-0.05, 0) is 30.7 Å². The Balaban J connectivity index is 2.19. The second kappa shape index (κ2) is 6.09. The van der Waals surface area contributed by atoms with Gasteiger partial charge in [-0.2, -0.15) is 0 Å². The van der Waals surface area contributed by atoms with Gasteiger partial charge in [-0.3, -0.25) is 0 Å². The molecule has 1 N–H and O–H groups in total. The van der Waals surface area contributed by atoms with Gasteiger partial charge in [-0.25, -0.2) is 0 Å². The summed E-state index contributed by atoms with van der Waals surface area (Å²) in [5.41, 5.74) is 4.36. The van der Waals surface area contributed by atoms with Gasteiger partial charge in [0.05, 0.1) is 6.61 Å². The highest BCUT2D eigenvalue weighted by atomic mass is 35.5. The molecule has 2 rings (SSSR count). The summed E-state index contributed by atoms with van der Waals surface area (Å²) in [6.07, 6.45) is 0. The average Bonchev–Trinajstić information content (AvgIpc) is 2.41. The van der Waals surface area contributed by atoms with Crippen molar-refractivity contribution in [3.63, 3.8) is 0 Å². The lowest BCUT2D eigenvalue weighted by Gasteiger charge is -2.22. The van der Waals surface area contributed by atoms with Crippen molar-refractivity contribution in [2.45, 2.75) is 20.1 Å². The SMILES string of the molecule is Cc1ccc(CN(C)c2ccc(Cl)cc2CO)cc1. The largest absolute Gasteiger partial charge is 0.392 e. The van der Waals surface area contributed by atoms with Crippen LogP contribution in [-0.4, -0.2) is 12.2 Å². The number of aliphatic hydroxyl groups excluding tert-OH is 1. The first-order chi connectivity index (χ1) is 9.10. The summed E-state index contributed by atoms with van der Waals surface area (Å²) in [4.78, 5) is 2.12. The standard InChI is InChI=1S/C16H18ClNO/c1-12-3-5-13(6-4-12)10-18(2)16-8-7-15(17)9-14(16)11-19/h3-9,19H,10-11H2,1-2H3. The predicted molar refractivity (Wildman–Crippen MR) is 80.7 cm³/mol. The normalized spacial score (nSPS) is 10.5. The van der Waals surface area contributed by atoms with E-state index in [2.05, 4.69) is 36.1 Å². The van der Waals surface area contributed by atoms with E-state index in [1.165, 1.54) is 11.1 Å². The van der Waals surface area contributed by atoms with E-state index in [9.17, 15) is 5.11 Å². The highest BCUT2D eigenvalue weighted by Gasteiger charge is 2.08. The average molecular weight is 276 g/mol. The molecule has 0 amide bonds. The minimum absolute atomic E-state index is 0.00582. The van der Waals surface area contributed by atoms with Crippen LogP contribution in [-0.2, 0) is 13.2 Å². The fraction of sp³-hybridized carbons (Fsp3) is 0.250. The lowest BCUT2D eigenvalue weighted by Crippen LogP contribution is -2.18. The second-order valence-corrected chi connectivity index (χ2v) is 5.21. The second-order valence-electron chi connectivity index (χ2n) is 4.77. The maximum Gasteiger partial charge on any atom is 0.0702 e. The summed E-state index contributed by atoms with van der Waals surface area (Å²) in [6.45, 7) is 2.87. The molecule has 0 saturated carbocycles. The maximum atomic E-state index is 9.41. The molecule has 0 aliphatic heterocycles. The van der Waals surface area contributed by atoms with Gasteiger partial charge in [-0.1, -0.05) is 41.4 Å². The fourth-order valence-corrected chi connectivity index (χ4v) is 2.30. The van der Waals surface area contributed by atoms with Gasteiger partial charge in [0.2, 0.25) is 0 Å². The van der Waals surface area contributed by atoms with Crippen molar-refractivity contribution in [1.82, 2.24) is 0 Å². The zero-order valence-electron chi connectivity index (χ0n) is 11.2. The van der Waals surface area contributed by atoms with Crippen molar-refractivity contribution in [1.29, 1.82) is 0 Å². The monoisotopic (exact) mass is 275 g/mol. The van der Waals surface area contributed by atoms with E-state index in [-0.39, 0.29) is 6.61 Å². The molecule has 19 heavy (non-hydrogen) atoms. The summed E-state index contributed by atoms with van der Waals surface area (Å²) >= 11 is 5.95. The molecule has 0 radical (unpaired) electrons. The van der Waals surface area contributed by atoms with Crippen LogP contribution in [0.3, 0.4) is 0 Å². The number of rotatable bonds is 4. The minimum Gasteiger partial charge on any atom is -0.392 e. The predicted octanol–water partition coefficient (Wildman–Crippen LogP) is 3.78. The summed E-state index contributed by atoms with van der Waals surface area (Å²) in [5, 5.41) is 10.1. The van der Waals surface area contributed by atoms with Crippen LogP contribution in [0.1, 0.15) is 16.7 Å². The molecule has 0 heterocycles. The van der Waals surface area contributed by atoms with Crippen molar-refractivity contribution in [3.8, 4) is 0 Å². The molecular formula is C16H18ClNO. The Labute approximate surface area is 119 Å². The quantitative estimate of drug-likeness (QED) is 0.918. The first-order valence-electron chi connectivity index (χ1n) is 6.26. The molecule has 100 valence electrons. The maximum absolute atomic E-state index is 9.41. The third-order valence-corrected chi connectivity index (χ3v) is 3.40. The molecular weight excluding hydrogens is 258 g/mol. The molecule has 2 aromatic rings. The molecule has 0 spiro atoms. The van der Waals surface area contributed by atoms with Gasteiger partial charge in [-0.15, -0.1) is 0 Å². The van der Waals surface area contributed by atoms with E-state index in [4.69, 9.17) is 11.6 Å². The summed E-state index contributed by atoms with van der Waals surface area (Å²) in [6, 6.07) is 14.1. The van der Waals surface area contributed by atoms with Crippen LogP contribution in [0.25, 0.3) is 0 Å². The Bertz CT molecular complexity index is 551. The topological polar surface area (TPSA) is 23.5 Å². The summed E-state index contributed by atoms with van der Waals surface area (Å²) in [5.74, 6) is 0. The number of halogens is 1. The van der Waals surface area contributed by atoms with Gasteiger partial charge < -0.3 is 10.0 Å². The van der Waals surface area contributed by atoms with Crippen LogP contribution in [0.15, 0.2) is 42.5 Å². The van der Waals surface area contributed by atoms with Gasteiger partial charge in [0.25, 0.3) is 0 Å². The van der Waals surface area contributed by atoms with E-state index in [0.717, 1.165) is 17.8 Å². The lowest BCUT2D eigenvalue weighted by atomic mass is 10.1. The van der Waals surface area contributed by atoms with E-state index in [1.54, 1.807) is 0 Å². The molecule has 2 aromatic carbocycles. The van der Waals surface area contributed by atoms with Crippen molar-refractivity contribution in [3.05, 3.63) is 64.2 Å². The molecule has 0 unspecified atom stereocenters. The first-order valence-corrected chi connectivity index (χ1v) is 6.64. The van der Waals surface area contributed by atoms with Crippen molar-refractivity contribution in [2.75, 3.05) is 11.9 Å². The van der Waals surface area contributed by atoms with E-state index < -0.39 is 0 Å². The van der Waals surface area contributed by atoms with Crippen LogP contribution >= 0.6 is 11.6 Å². The van der Waals surface area contributed by atoms with Crippen molar-refractivity contribution >= 4 is 17.3 Å². The molecule has 2 nitrogen and oxygen atoms in total. The van der Waals surface area contributed by atoms with Gasteiger partial charge in [0.15, 0.2) is 0 Å². The van der Waals surface area contributed by atoms with E-state index >= 15 is 0 Å². The number of hydrogen-bond donors (Lipinski definition) is 1. The van der Waals surface area contributed by atoms with E-state index in [1.807, 2.05) is 25.2 Å². The highest BCUT2D eigenvalue weighted by Crippen LogP contribution is 2.24. The zero-order valence-corrected chi connectivity index (χ0v) is 12.0. The molecule has 0 bridgehead atoms. The van der Waals surface area contributed by atoms with Crippen molar-refractivity contribution < 1.29 is 5.11 Å². The third-order valence-electron chi connectivity index (χ3n) is 3.16. The van der Waals surface area contributed by atoms with Crippen LogP contribution in [0.5, 0.6) is 0 Å². The van der Waals surface area contributed by atoms with Gasteiger partial charge >= 0.3 is 0 Å². The Hall–Kier alpha value is -1.51. The number of benzene rings is 2. The number of hydrogen-bond acceptors (Lipinski definition) is 2. The molecule has 0 atom stereocenters. The molecule has 0 aromatic heterocycles. The number of aryl methyl sites for hydroxylation is 1. The molecule has 0 saturated heterocycles. The molecule has 0 fully saturated rings. The Kier molecular flexibility index (Phi) is 4.46.